The van der Waals surface area contributed by atoms with E-state index >= 15 is 0 Å². The predicted molar refractivity (Wildman–Crippen MR) is 141 cm³/mol. The summed E-state index contributed by atoms with van der Waals surface area (Å²) in [6, 6.07) is -2.73. The van der Waals surface area contributed by atoms with Crippen molar-refractivity contribution in [2.45, 2.75) is 98.6 Å². The summed E-state index contributed by atoms with van der Waals surface area (Å²) < 4.78 is 0. The van der Waals surface area contributed by atoms with E-state index < -0.39 is 60.4 Å². The van der Waals surface area contributed by atoms with Crippen molar-refractivity contribution in [1.29, 1.82) is 0 Å². The van der Waals surface area contributed by atoms with Crippen molar-refractivity contribution in [2.75, 3.05) is 11.5 Å². The van der Waals surface area contributed by atoms with Crippen LogP contribution in [-0.2, 0) is 19.2 Å². The van der Waals surface area contributed by atoms with Crippen LogP contribution in [0.15, 0.2) is 0 Å². The summed E-state index contributed by atoms with van der Waals surface area (Å²) in [4.78, 5) is 75.3. The van der Waals surface area contributed by atoms with Crippen LogP contribution in [0.2, 0.25) is 0 Å². The smallest absolute Gasteiger partial charge is 0.324 e. The molecule has 0 saturated carbocycles. The fourth-order valence-electron chi connectivity index (χ4n) is 5.83. The number of hydrogen-bond acceptors (Lipinski definition) is 9. The molecule has 4 rings (SSSR count). The SMILES string of the molecule is O=C(O)CCCC[C@H]1SC[C@H]2NC(=O)N(C(=O)CC(O)C(=O)N3C(=O)N[C@@H]4CS[C@H](CCCCC(=O)O)[C@@H]43)[C@H]21. The lowest BCUT2D eigenvalue weighted by Gasteiger charge is -2.29. The Morgan fingerprint density at radius 3 is 1.74 bits per heavy atom. The third-order valence-electron chi connectivity index (χ3n) is 7.64. The molecule has 0 aliphatic carbocycles. The minimum atomic E-state index is -1.81. The molecule has 13 nitrogen and oxygen atoms in total. The first-order valence-electron chi connectivity index (χ1n) is 13.2. The summed E-state index contributed by atoms with van der Waals surface area (Å²) in [5.41, 5.74) is 0. The highest BCUT2D eigenvalue weighted by Crippen LogP contribution is 2.39. The first kappa shape index (κ1) is 29.5. The van der Waals surface area contributed by atoms with Gasteiger partial charge in [0.05, 0.1) is 30.6 Å². The quantitative estimate of drug-likeness (QED) is 0.152. The number of aliphatic hydroxyl groups excluding tert-OH is 1. The van der Waals surface area contributed by atoms with Crippen molar-refractivity contribution in [3.8, 4) is 0 Å². The minimum Gasteiger partial charge on any atom is -0.481 e. The molecule has 4 saturated heterocycles. The van der Waals surface area contributed by atoms with E-state index in [1.54, 1.807) is 23.5 Å². The number of nitrogens with zero attached hydrogens (tertiary/aromatic N) is 2. The Labute approximate surface area is 233 Å². The number of aliphatic carboxylic acids is 2. The van der Waals surface area contributed by atoms with Crippen molar-refractivity contribution < 1.29 is 44.1 Å². The van der Waals surface area contributed by atoms with Crippen LogP contribution in [0.5, 0.6) is 0 Å². The van der Waals surface area contributed by atoms with Crippen LogP contribution in [0.3, 0.4) is 0 Å². The van der Waals surface area contributed by atoms with E-state index in [2.05, 4.69) is 10.6 Å². The summed E-state index contributed by atoms with van der Waals surface area (Å²) in [5.74, 6) is -2.17. The Morgan fingerprint density at radius 1 is 0.795 bits per heavy atom. The number of thioether (sulfide) groups is 2. The second-order valence-corrected chi connectivity index (χ2v) is 12.9. The highest BCUT2D eigenvalue weighted by atomic mass is 32.2. The summed E-state index contributed by atoms with van der Waals surface area (Å²) in [6.45, 7) is 0. The molecule has 0 aromatic rings. The highest BCUT2D eigenvalue weighted by molar-refractivity contribution is 8.00. The van der Waals surface area contributed by atoms with Gasteiger partial charge in [-0.25, -0.2) is 9.59 Å². The zero-order chi connectivity index (χ0) is 28.3. The number of unbranched alkanes of at least 4 members (excludes halogenated alkanes) is 2. The maximum atomic E-state index is 13.2. The number of hydrogen-bond donors (Lipinski definition) is 5. The van der Waals surface area contributed by atoms with E-state index in [9.17, 15) is 33.9 Å². The molecule has 4 aliphatic rings. The average molecular weight is 587 g/mol. The van der Waals surface area contributed by atoms with Crippen LogP contribution in [0.1, 0.15) is 57.8 Å². The molecule has 1 unspecified atom stereocenters. The van der Waals surface area contributed by atoms with Gasteiger partial charge in [0.2, 0.25) is 5.91 Å². The second-order valence-electron chi connectivity index (χ2n) is 10.3. The largest absolute Gasteiger partial charge is 0.481 e. The van der Waals surface area contributed by atoms with Gasteiger partial charge in [0.15, 0.2) is 0 Å². The number of imide groups is 2. The Morgan fingerprint density at radius 2 is 1.26 bits per heavy atom. The van der Waals surface area contributed by atoms with Gasteiger partial charge in [0.25, 0.3) is 5.91 Å². The van der Waals surface area contributed by atoms with Crippen LogP contribution < -0.4 is 10.6 Å². The number of carboxylic acids is 2. The lowest BCUT2D eigenvalue weighted by molar-refractivity contribution is -0.143. The molecule has 4 fully saturated rings. The molecule has 6 amide bonds. The summed E-state index contributed by atoms with van der Waals surface area (Å²) in [6.07, 6.45) is 1.09. The molecule has 4 heterocycles. The molecule has 7 atom stereocenters. The molecule has 15 heteroatoms. The molecule has 39 heavy (non-hydrogen) atoms. The highest BCUT2D eigenvalue weighted by Gasteiger charge is 2.53. The molecule has 0 bridgehead atoms. The molecule has 0 aromatic heterocycles. The molecule has 0 radical (unpaired) electrons. The Bertz CT molecular complexity index is 1010. The Hall–Kier alpha value is -2.52. The Balaban J connectivity index is 1.35. The summed E-state index contributed by atoms with van der Waals surface area (Å²) in [7, 11) is 0. The molecule has 5 N–H and O–H groups in total. The minimum absolute atomic E-state index is 0.0414. The van der Waals surface area contributed by atoms with Crippen LogP contribution >= 0.6 is 23.5 Å². The lowest BCUT2D eigenvalue weighted by atomic mass is 10.00. The zero-order valence-corrected chi connectivity index (χ0v) is 23.0. The fraction of sp³-hybridized carbons (Fsp3) is 0.750. The van der Waals surface area contributed by atoms with E-state index in [1.165, 1.54) is 0 Å². The predicted octanol–water partition coefficient (Wildman–Crippen LogP) is 0.836. The van der Waals surface area contributed by atoms with Crippen molar-refractivity contribution in [3.63, 3.8) is 0 Å². The van der Waals surface area contributed by atoms with E-state index in [0.717, 1.165) is 9.80 Å². The van der Waals surface area contributed by atoms with Gasteiger partial charge >= 0.3 is 24.0 Å². The van der Waals surface area contributed by atoms with Crippen LogP contribution in [-0.4, -0.2) is 113 Å². The topological polar surface area (TPSA) is 194 Å². The van der Waals surface area contributed by atoms with Gasteiger partial charge in [-0.15, -0.1) is 0 Å². The van der Waals surface area contributed by atoms with Crippen molar-refractivity contribution in [1.82, 2.24) is 20.4 Å². The van der Waals surface area contributed by atoms with Crippen LogP contribution in [0.25, 0.3) is 0 Å². The maximum absolute atomic E-state index is 13.2. The normalized spacial score (nSPS) is 30.1. The van der Waals surface area contributed by atoms with Gasteiger partial charge in [-0.1, -0.05) is 12.8 Å². The van der Waals surface area contributed by atoms with Crippen molar-refractivity contribution in [2.24, 2.45) is 0 Å². The monoisotopic (exact) mass is 586 g/mol. The van der Waals surface area contributed by atoms with E-state index in [4.69, 9.17) is 10.2 Å². The third-order valence-corrected chi connectivity index (χ3v) is 10.6. The van der Waals surface area contributed by atoms with E-state index in [1.807, 2.05) is 0 Å². The van der Waals surface area contributed by atoms with Gasteiger partial charge < -0.3 is 26.0 Å². The molecule has 0 aromatic carbocycles. The number of rotatable bonds is 13. The molecular formula is C24H34N4O9S2. The number of urea groups is 2. The van der Waals surface area contributed by atoms with Crippen molar-refractivity contribution in [3.05, 3.63) is 0 Å². The number of carbonyl (C=O) groups is 6. The van der Waals surface area contributed by atoms with E-state index in [-0.39, 0.29) is 35.4 Å². The zero-order valence-electron chi connectivity index (χ0n) is 21.3. The fourth-order valence-corrected chi connectivity index (χ4v) is 8.98. The van der Waals surface area contributed by atoms with Crippen molar-refractivity contribution >= 4 is 59.3 Å². The number of carboxylic acid groups (broad SMARTS) is 2. The molecule has 216 valence electrons. The van der Waals surface area contributed by atoms with Gasteiger partial charge in [0, 0.05) is 34.8 Å². The average Bonchev–Trinajstić information content (AvgIpc) is 3.59. The molecular weight excluding hydrogens is 552 g/mol. The number of fused-ring (bicyclic) bond motifs is 2. The maximum Gasteiger partial charge on any atom is 0.324 e. The van der Waals surface area contributed by atoms with Gasteiger partial charge in [-0.05, 0) is 25.7 Å². The van der Waals surface area contributed by atoms with Crippen LogP contribution in [0.4, 0.5) is 9.59 Å². The van der Waals surface area contributed by atoms with E-state index in [0.29, 0.717) is 50.0 Å². The molecule has 4 aliphatic heterocycles. The Kier molecular flexibility index (Phi) is 9.64. The van der Waals surface area contributed by atoms with Crippen LogP contribution in [0, 0.1) is 0 Å². The molecule has 0 spiro atoms. The first-order chi connectivity index (χ1) is 18.6. The number of nitrogens with one attached hydrogen (secondary N) is 2. The van der Waals surface area contributed by atoms with Gasteiger partial charge in [-0.2, -0.15) is 23.5 Å². The summed E-state index contributed by atoms with van der Waals surface area (Å²) >= 11 is 3.18. The first-order valence-corrected chi connectivity index (χ1v) is 15.3. The standard InChI is InChI=1S/C24H34N4O9S2/c29-14(22(35)28-21-13(26-24(28)37)11-39-16(21)6-2-4-8-19(33)34)9-17(30)27-20-12(25-23(27)36)10-38-15(20)5-1-3-7-18(31)32/h12-16,20-21,29H,1-11H2,(H,25,36)(H,26,37)(H,31,32)(H,33,34)/t12-,13-,14?,15-,16-,20-,21-/m1/s1. The third kappa shape index (κ3) is 6.62. The second kappa shape index (κ2) is 12.8. The summed E-state index contributed by atoms with van der Waals surface area (Å²) in [5, 5.41) is 33.8. The number of amides is 6. The lowest BCUT2D eigenvalue weighted by Crippen LogP contribution is -2.51. The van der Waals surface area contributed by atoms with Gasteiger partial charge in [-0.3, -0.25) is 29.0 Å². The van der Waals surface area contributed by atoms with Gasteiger partial charge in [0.1, 0.15) is 6.10 Å². The number of aliphatic hydroxyl groups is 1. The number of carbonyl (C=O) groups excluding carboxylic acids is 4.